The first kappa shape index (κ1) is 15.8. The first-order chi connectivity index (χ1) is 10.2. The number of para-hydroxylation sites is 1. The standard InChI is InChI=1S/C17H27N3O/c1-20(14-8-3-2-4-9-14)13-7-12-19-17(21)15-10-5-6-11-16(15)18/h2-4,8-9,15-16H,5-7,10-13,18H2,1H3,(H,19,21). The lowest BCUT2D eigenvalue weighted by Crippen LogP contribution is -2.44. The van der Waals surface area contributed by atoms with E-state index in [9.17, 15) is 4.79 Å². The maximum absolute atomic E-state index is 12.1. The summed E-state index contributed by atoms with van der Waals surface area (Å²) < 4.78 is 0. The molecular formula is C17H27N3O. The average Bonchev–Trinajstić information content (AvgIpc) is 2.52. The summed E-state index contributed by atoms with van der Waals surface area (Å²) >= 11 is 0. The topological polar surface area (TPSA) is 58.4 Å². The highest BCUT2D eigenvalue weighted by atomic mass is 16.1. The first-order valence-electron chi connectivity index (χ1n) is 7.98. The van der Waals surface area contributed by atoms with E-state index in [0.29, 0.717) is 0 Å². The highest BCUT2D eigenvalue weighted by Gasteiger charge is 2.27. The van der Waals surface area contributed by atoms with Gasteiger partial charge in [0.2, 0.25) is 5.91 Å². The number of nitrogens with one attached hydrogen (secondary N) is 1. The molecule has 0 saturated heterocycles. The molecule has 0 spiro atoms. The zero-order chi connectivity index (χ0) is 15.1. The van der Waals surface area contributed by atoms with Crippen molar-refractivity contribution in [1.82, 2.24) is 5.32 Å². The molecule has 116 valence electrons. The van der Waals surface area contributed by atoms with Crippen LogP contribution in [0.3, 0.4) is 0 Å². The zero-order valence-electron chi connectivity index (χ0n) is 12.9. The minimum Gasteiger partial charge on any atom is -0.375 e. The quantitative estimate of drug-likeness (QED) is 0.789. The zero-order valence-corrected chi connectivity index (χ0v) is 12.9. The lowest BCUT2D eigenvalue weighted by Gasteiger charge is -2.27. The molecule has 1 aliphatic carbocycles. The van der Waals surface area contributed by atoms with Crippen LogP contribution in [-0.2, 0) is 4.79 Å². The molecule has 0 aromatic heterocycles. The van der Waals surface area contributed by atoms with Gasteiger partial charge in [0.1, 0.15) is 0 Å². The van der Waals surface area contributed by atoms with Gasteiger partial charge in [0.25, 0.3) is 0 Å². The molecule has 3 N–H and O–H groups in total. The lowest BCUT2D eigenvalue weighted by molar-refractivity contribution is -0.126. The van der Waals surface area contributed by atoms with Crippen molar-refractivity contribution in [3.63, 3.8) is 0 Å². The molecule has 1 aliphatic rings. The molecule has 0 bridgehead atoms. The monoisotopic (exact) mass is 289 g/mol. The molecule has 2 unspecified atom stereocenters. The molecule has 0 heterocycles. The van der Waals surface area contributed by atoms with Crippen molar-refractivity contribution in [2.45, 2.75) is 38.1 Å². The number of carbonyl (C=O) groups is 1. The van der Waals surface area contributed by atoms with Gasteiger partial charge >= 0.3 is 0 Å². The van der Waals surface area contributed by atoms with Crippen LogP contribution < -0.4 is 16.0 Å². The molecule has 1 amide bonds. The highest BCUT2D eigenvalue weighted by Crippen LogP contribution is 2.22. The summed E-state index contributed by atoms with van der Waals surface area (Å²) in [5, 5.41) is 3.04. The molecule has 4 heteroatoms. The summed E-state index contributed by atoms with van der Waals surface area (Å²) in [6.07, 6.45) is 5.15. The molecule has 1 aromatic carbocycles. The van der Waals surface area contributed by atoms with Gasteiger partial charge in [-0.1, -0.05) is 31.0 Å². The number of hydrogen-bond acceptors (Lipinski definition) is 3. The van der Waals surface area contributed by atoms with Gasteiger partial charge < -0.3 is 16.0 Å². The maximum Gasteiger partial charge on any atom is 0.224 e. The molecule has 21 heavy (non-hydrogen) atoms. The smallest absolute Gasteiger partial charge is 0.224 e. The van der Waals surface area contributed by atoms with E-state index in [0.717, 1.165) is 45.2 Å². The third-order valence-corrected chi connectivity index (χ3v) is 4.32. The summed E-state index contributed by atoms with van der Waals surface area (Å²) in [4.78, 5) is 14.3. The fraction of sp³-hybridized carbons (Fsp3) is 0.588. The van der Waals surface area contributed by atoms with Gasteiger partial charge in [0, 0.05) is 31.9 Å². The largest absolute Gasteiger partial charge is 0.375 e. The van der Waals surface area contributed by atoms with E-state index in [1.54, 1.807) is 0 Å². The third-order valence-electron chi connectivity index (χ3n) is 4.32. The Hall–Kier alpha value is -1.55. The Bertz CT molecular complexity index is 435. The third kappa shape index (κ3) is 4.74. The van der Waals surface area contributed by atoms with Gasteiger partial charge in [-0.15, -0.1) is 0 Å². The van der Waals surface area contributed by atoms with Crippen LogP contribution in [0.25, 0.3) is 0 Å². The van der Waals surface area contributed by atoms with Gasteiger partial charge in [-0.25, -0.2) is 0 Å². The van der Waals surface area contributed by atoms with E-state index in [-0.39, 0.29) is 17.9 Å². The van der Waals surface area contributed by atoms with E-state index in [1.165, 1.54) is 5.69 Å². The second-order valence-electron chi connectivity index (χ2n) is 5.96. The van der Waals surface area contributed by atoms with Crippen molar-refractivity contribution in [1.29, 1.82) is 0 Å². The van der Waals surface area contributed by atoms with Crippen molar-refractivity contribution in [3.05, 3.63) is 30.3 Å². The Kier molecular flexibility index (Phi) is 6.05. The summed E-state index contributed by atoms with van der Waals surface area (Å²) in [5.74, 6) is 0.162. The number of carbonyl (C=O) groups excluding carboxylic acids is 1. The number of amides is 1. The molecule has 0 radical (unpaired) electrons. The van der Waals surface area contributed by atoms with E-state index in [2.05, 4.69) is 29.4 Å². The predicted octanol–water partition coefficient (Wildman–Crippen LogP) is 2.15. The number of rotatable bonds is 6. The van der Waals surface area contributed by atoms with Crippen molar-refractivity contribution < 1.29 is 4.79 Å². The van der Waals surface area contributed by atoms with Crippen molar-refractivity contribution >= 4 is 11.6 Å². The van der Waals surface area contributed by atoms with Crippen LogP contribution in [0.15, 0.2) is 30.3 Å². The van der Waals surface area contributed by atoms with Gasteiger partial charge in [-0.3, -0.25) is 4.79 Å². The van der Waals surface area contributed by atoms with E-state index >= 15 is 0 Å². The number of benzene rings is 1. The maximum atomic E-state index is 12.1. The van der Waals surface area contributed by atoms with Gasteiger partial charge in [0.15, 0.2) is 0 Å². The van der Waals surface area contributed by atoms with Crippen LogP contribution in [-0.4, -0.2) is 32.1 Å². The second kappa shape index (κ2) is 8.03. The number of nitrogens with zero attached hydrogens (tertiary/aromatic N) is 1. The van der Waals surface area contributed by atoms with Gasteiger partial charge in [0.05, 0.1) is 5.92 Å². The van der Waals surface area contributed by atoms with Crippen LogP contribution in [0.2, 0.25) is 0 Å². The normalized spacial score (nSPS) is 21.8. The summed E-state index contributed by atoms with van der Waals surface area (Å²) in [7, 11) is 2.08. The van der Waals surface area contributed by atoms with Crippen LogP contribution in [0.5, 0.6) is 0 Å². The fourth-order valence-corrected chi connectivity index (χ4v) is 2.96. The van der Waals surface area contributed by atoms with E-state index < -0.39 is 0 Å². The van der Waals surface area contributed by atoms with Gasteiger partial charge in [-0.2, -0.15) is 0 Å². The molecule has 2 atom stereocenters. The average molecular weight is 289 g/mol. The Morgan fingerprint density at radius 1 is 1.29 bits per heavy atom. The van der Waals surface area contributed by atoms with Crippen LogP contribution >= 0.6 is 0 Å². The fourth-order valence-electron chi connectivity index (χ4n) is 2.96. The lowest BCUT2D eigenvalue weighted by atomic mass is 9.84. The Balaban J connectivity index is 1.66. The van der Waals surface area contributed by atoms with Crippen LogP contribution in [0, 0.1) is 5.92 Å². The number of anilines is 1. The summed E-state index contributed by atoms with van der Waals surface area (Å²) in [6.45, 7) is 1.65. The van der Waals surface area contributed by atoms with Crippen molar-refractivity contribution in [2.75, 3.05) is 25.0 Å². The predicted molar refractivity (Wildman–Crippen MR) is 87.3 cm³/mol. The molecule has 1 aromatic rings. The first-order valence-corrected chi connectivity index (χ1v) is 7.98. The van der Waals surface area contributed by atoms with Gasteiger partial charge in [-0.05, 0) is 31.4 Å². The summed E-state index contributed by atoms with van der Waals surface area (Å²) in [6, 6.07) is 10.3. The SMILES string of the molecule is CN(CCCNC(=O)C1CCCCC1N)c1ccccc1. The minimum absolute atomic E-state index is 0.0191. The molecular weight excluding hydrogens is 262 g/mol. The van der Waals surface area contributed by atoms with Crippen molar-refractivity contribution in [2.24, 2.45) is 11.7 Å². The Labute approximate surface area is 127 Å². The van der Waals surface area contributed by atoms with E-state index in [4.69, 9.17) is 5.73 Å². The molecule has 1 saturated carbocycles. The molecule has 2 rings (SSSR count). The molecule has 0 aliphatic heterocycles. The Morgan fingerprint density at radius 3 is 2.71 bits per heavy atom. The highest BCUT2D eigenvalue weighted by molar-refractivity contribution is 5.79. The van der Waals surface area contributed by atoms with Crippen LogP contribution in [0.1, 0.15) is 32.1 Å². The minimum atomic E-state index is 0.0191. The van der Waals surface area contributed by atoms with Crippen LogP contribution in [0.4, 0.5) is 5.69 Å². The van der Waals surface area contributed by atoms with Crippen molar-refractivity contribution in [3.8, 4) is 0 Å². The summed E-state index contributed by atoms with van der Waals surface area (Å²) in [5.41, 5.74) is 7.25. The molecule has 1 fully saturated rings. The Morgan fingerprint density at radius 2 is 2.00 bits per heavy atom. The molecule has 4 nitrogen and oxygen atoms in total. The second-order valence-corrected chi connectivity index (χ2v) is 5.96. The van der Waals surface area contributed by atoms with E-state index in [1.807, 2.05) is 18.2 Å². The number of hydrogen-bond donors (Lipinski definition) is 2. The number of nitrogens with two attached hydrogens (primary N) is 1.